The number of nitrogens with one attached hydrogen (secondary N) is 1. The minimum Gasteiger partial charge on any atom is -0.491 e. The molecule has 10 nitrogen and oxygen atoms in total. The van der Waals surface area contributed by atoms with Crippen LogP contribution in [0, 0.1) is 17.8 Å². The summed E-state index contributed by atoms with van der Waals surface area (Å²) in [6.07, 6.45) is 16.9. The molecular weight excluding hydrogens is 803 g/mol. The summed E-state index contributed by atoms with van der Waals surface area (Å²) < 4.78 is 31.1. The first-order chi connectivity index (χ1) is 31.0. The van der Waals surface area contributed by atoms with E-state index in [1.807, 2.05) is 54.6 Å². The number of hydrogen-bond donors (Lipinski definition) is 2. The molecule has 0 aliphatic rings. The van der Waals surface area contributed by atoms with E-state index in [0.717, 1.165) is 49.7 Å². The van der Waals surface area contributed by atoms with Crippen molar-refractivity contribution in [2.75, 3.05) is 59.8 Å². The van der Waals surface area contributed by atoms with Crippen molar-refractivity contribution >= 4 is 11.8 Å². The number of ether oxygens (including phenoxy) is 5. The number of amides is 2. The number of nitrogens with two attached hydrogens (primary N) is 1. The van der Waals surface area contributed by atoms with Gasteiger partial charge in [0.1, 0.15) is 12.4 Å². The number of para-hydroxylation sites is 1. The van der Waals surface area contributed by atoms with Crippen molar-refractivity contribution in [3.63, 3.8) is 0 Å². The second-order valence-corrected chi connectivity index (χ2v) is 18.5. The van der Waals surface area contributed by atoms with E-state index in [1.165, 1.54) is 57.8 Å². The number of benzene rings is 3. The smallest absolute Gasteiger partial charge is 0.251 e. The van der Waals surface area contributed by atoms with Crippen LogP contribution in [-0.4, -0.2) is 76.5 Å². The quantitative estimate of drug-likeness (QED) is 0.0554. The molecule has 1 atom stereocenters. The summed E-state index contributed by atoms with van der Waals surface area (Å²) >= 11 is 0. The van der Waals surface area contributed by atoms with Crippen LogP contribution in [0.4, 0.5) is 0 Å². The summed E-state index contributed by atoms with van der Waals surface area (Å²) in [6.45, 7) is 16.4. The van der Waals surface area contributed by atoms with E-state index in [4.69, 9.17) is 29.4 Å². The van der Waals surface area contributed by atoms with Crippen molar-refractivity contribution in [2.45, 2.75) is 144 Å². The highest BCUT2D eigenvalue weighted by Gasteiger charge is 2.21. The zero-order valence-corrected chi connectivity index (χ0v) is 40.8. The molecule has 0 saturated carbocycles. The third-order valence-electron chi connectivity index (χ3n) is 11.4. The minimum absolute atomic E-state index is 0.162. The largest absolute Gasteiger partial charge is 0.491 e. The van der Waals surface area contributed by atoms with Gasteiger partial charge in [-0.25, -0.2) is 0 Å². The molecule has 358 valence electrons. The Morgan fingerprint density at radius 1 is 0.562 bits per heavy atom. The van der Waals surface area contributed by atoms with Crippen LogP contribution in [0.25, 0.3) is 0 Å². The van der Waals surface area contributed by atoms with Crippen LogP contribution in [0.5, 0.6) is 23.0 Å². The molecule has 1 unspecified atom stereocenters. The van der Waals surface area contributed by atoms with Crippen LogP contribution in [0.15, 0.2) is 66.7 Å². The number of carbonyl (C=O) groups is 2. The number of unbranched alkanes of at least 4 members (excludes halogenated alkanes) is 9. The molecular formula is C54H85N3O7. The SMILES string of the molecule is CC(C)CCCCCCOc1cc(C(=O)NCC(=O)N(C)CCOCCOc2ccccc2C(N)c2ccccc2)cc(OCCCCCCC(C)C)c1OCCCCCCC(C)C. The minimum atomic E-state index is -0.379. The molecule has 0 heterocycles. The van der Waals surface area contributed by atoms with Crippen molar-refractivity contribution in [3.8, 4) is 23.0 Å². The predicted octanol–water partition coefficient (Wildman–Crippen LogP) is 12.0. The van der Waals surface area contributed by atoms with Gasteiger partial charge >= 0.3 is 0 Å². The second kappa shape index (κ2) is 32.4. The van der Waals surface area contributed by atoms with Gasteiger partial charge in [-0.3, -0.25) is 9.59 Å². The van der Waals surface area contributed by atoms with E-state index in [2.05, 4.69) is 46.9 Å². The van der Waals surface area contributed by atoms with Gasteiger partial charge in [0.2, 0.25) is 11.7 Å². The third kappa shape index (κ3) is 22.6. The van der Waals surface area contributed by atoms with Crippen molar-refractivity contribution in [1.82, 2.24) is 10.2 Å². The van der Waals surface area contributed by atoms with Gasteiger partial charge in [0.25, 0.3) is 5.91 Å². The summed E-state index contributed by atoms with van der Waals surface area (Å²) in [5, 5.41) is 2.83. The van der Waals surface area contributed by atoms with Crippen molar-refractivity contribution in [1.29, 1.82) is 0 Å². The maximum Gasteiger partial charge on any atom is 0.251 e. The zero-order valence-electron chi connectivity index (χ0n) is 40.8. The third-order valence-corrected chi connectivity index (χ3v) is 11.4. The number of hydrogen-bond acceptors (Lipinski definition) is 8. The predicted molar refractivity (Wildman–Crippen MR) is 262 cm³/mol. The molecule has 0 saturated heterocycles. The molecule has 2 amide bonds. The highest BCUT2D eigenvalue weighted by molar-refractivity contribution is 5.97. The monoisotopic (exact) mass is 888 g/mol. The first-order valence-corrected chi connectivity index (χ1v) is 24.6. The van der Waals surface area contributed by atoms with Gasteiger partial charge in [0.15, 0.2) is 11.5 Å². The maximum absolute atomic E-state index is 13.7. The van der Waals surface area contributed by atoms with Crippen molar-refractivity contribution in [2.24, 2.45) is 23.5 Å². The molecule has 3 N–H and O–H groups in total. The molecule has 3 rings (SSSR count). The van der Waals surface area contributed by atoms with Crippen LogP contribution in [0.1, 0.15) is 165 Å². The Morgan fingerprint density at radius 3 is 1.59 bits per heavy atom. The van der Waals surface area contributed by atoms with Crippen LogP contribution >= 0.6 is 0 Å². The van der Waals surface area contributed by atoms with Gasteiger partial charge < -0.3 is 39.6 Å². The fourth-order valence-corrected chi connectivity index (χ4v) is 7.37. The Labute approximate surface area is 387 Å². The van der Waals surface area contributed by atoms with Crippen LogP contribution in [0.3, 0.4) is 0 Å². The molecule has 0 radical (unpaired) electrons. The molecule has 3 aromatic carbocycles. The highest BCUT2D eigenvalue weighted by atomic mass is 16.5. The van der Waals surface area contributed by atoms with Gasteiger partial charge in [-0.05, 0) is 60.8 Å². The average molecular weight is 888 g/mol. The second-order valence-electron chi connectivity index (χ2n) is 18.5. The molecule has 0 aromatic heterocycles. The molecule has 0 spiro atoms. The van der Waals surface area contributed by atoms with E-state index in [9.17, 15) is 9.59 Å². The highest BCUT2D eigenvalue weighted by Crippen LogP contribution is 2.40. The molecule has 0 aliphatic heterocycles. The van der Waals surface area contributed by atoms with E-state index in [1.54, 1.807) is 24.1 Å². The van der Waals surface area contributed by atoms with Crippen LogP contribution in [0.2, 0.25) is 0 Å². The van der Waals surface area contributed by atoms with E-state index in [-0.39, 0.29) is 24.4 Å². The lowest BCUT2D eigenvalue weighted by Gasteiger charge is -2.20. The topological polar surface area (TPSA) is 122 Å². The van der Waals surface area contributed by atoms with Crippen molar-refractivity contribution < 1.29 is 33.3 Å². The lowest BCUT2D eigenvalue weighted by molar-refractivity contribution is -0.129. The Bertz CT molecular complexity index is 1660. The van der Waals surface area contributed by atoms with Gasteiger partial charge in [0.05, 0.1) is 45.6 Å². The maximum atomic E-state index is 13.7. The summed E-state index contributed by atoms with van der Waals surface area (Å²) in [7, 11) is 1.70. The van der Waals surface area contributed by atoms with Crippen LogP contribution < -0.4 is 30.0 Å². The zero-order chi connectivity index (χ0) is 46.4. The van der Waals surface area contributed by atoms with Crippen molar-refractivity contribution in [3.05, 3.63) is 83.4 Å². The summed E-state index contributed by atoms with van der Waals surface area (Å²) in [4.78, 5) is 28.4. The van der Waals surface area contributed by atoms with E-state index >= 15 is 0 Å². The lowest BCUT2D eigenvalue weighted by Crippen LogP contribution is -2.39. The normalized spacial score (nSPS) is 11.9. The molecule has 3 aromatic rings. The molecule has 64 heavy (non-hydrogen) atoms. The number of nitrogens with zero attached hydrogens (tertiary/aromatic N) is 1. The van der Waals surface area contributed by atoms with Gasteiger partial charge in [-0.2, -0.15) is 0 Å². The Kier molecular flexibility index (Phi) is 27.4. The molecule has 0 aliphatic carbocycles. The fraction of sp³-hybridized carbons (Fsp3) is 0.630. The first kappa shape index (κ1) is 54.1. The standard InChI is InChI=1S/C54H85N3O7/c1-42(2)25-15-8-11-22-33-61-49-39-46(40-50(62-34-23-12-9-16-26-43(3)4)53(49)64-35-24-13-10-17-27-44(5)6)54(59)56-41-51(58)57(7)32-36-60-37-38-63-48-31-21-20-30-47(48)52(55)45-28-18-14-19-29-45/h14,18-21,28-31,39-40,42-44,52H,8-13,15-17,22-27,32-38,41,55H2,1-7H3,(H,56,59). The van der Waals surface area contributed by atoms with Gasteiger partial charge in [-0.15, -0.1) is 0 Å². The Balaban J connectivity index is 1.59. The number of rotatable bonds is 36. The molecule has 0 fully saturated rings. The summed E-state index contributed by atoms with van der Waals surface area (Å²) in [5.74, 6) is 3.81. The van der Waals surface area contributed by atoms with E-state index < -0.39 is 0 Å². The number of carbonyl (C=O) groups excluding carboxylic acids is 2. The average Bonchev–Trinajstić information content (AvgIpc) is 3.28. The fourth-order valence-electron chi connectivity index (χ4n) is 7.37. The Morgan fingerprint density at radius 2 is 1.05 bits per heavy atom. The summed E-state index contributed by atoms with van der Waals surface area (Å²) in [5.41, 5.74) is 8.83. The number of likely N-dealkylation sites (N-methyl/N-ethyl adjacent to an activating group) is 1. The summed E-state index contributed by atoms with van der Waals surface area (Å²) in [6, 6.07) is 20.9. The Hall–Kier alpha value is -4.28. The molecule has 0 bridgehead atoms. The first-order valence-electron chi connectivity index (χ1n) is 24.6. The van der Waals surface area contributed by atoms with E-state index in [0.29, 0.717) is 92.5 Å². The van der Waals surface area contributed by atoms with Gasteiger partial charge in [0, 0.05) is 24.7 Å². The lowest BCUT2D eigenvalue weighted by atomic mass is 9.99. The van der Waals surface area contributed by atoms with Gasteiger partial charge in [-0.1, -0.05) is 167 Å². The molecule has 10 heteroatoms. The van der Waals surface area contributed by atoms with Crippen LogP contribution in [-0.2, 0) is 9.53 Å².